The third kappa shape index (κ3) is 6.74. The molecule has 3 nitrogen and oxygen atoms in total. The van der Waals surface area contributed by atoms with Crippen molar-refractivity contribution in [1.29, 1.82) is 0 Å². The van der Waals surface area contributed by atoms with E-state index in [4.69, 9.17) is 11.6 Å². The lowest BCUT2D eigenvalue weighted by atomic mass is 10.2. The lowest BCUT2D eigenvalue weighted by molar-refractivity contribution is -0.697. The number of nitrogens with one attached hydrogen (secondary N) is 1. The Bertz CT molecular complexity index is 563. The fourth-order valence-corrected chi connectivity index (χ4v) is 2.14. The van der Waals surface area contributed by atoms with Gasteiger partial charge in [0, 0.05) is 35.7 Å². The third-order valence-electron chi connectivity index (χ3n) is 2.96. The molecule has 1 N–H and O–H groups in total. The second-order valence-corrected chi connectivity index (χ2v) is 5.07. The number of aromatic nitrogens is 1. The lowest BCUT2D eigenvalue weighted by Crippen LogP contribution is -3.00. The number of unbranched alkanes of at least 4 members (excludes halogenated alkanes) is 1. The second kappa shape index (κ2) is 9.53. The molecule has 0 fully saturated rings. The van der Waals surface area contributed by atoms with Gasteiger partial charge in [-0.25, -0.2) is 4.57 Å². The van der Waals surface area contributed by atoms with Gasteiger partial charge in [-0.3, -0.25) is 4.79 Å². The predicted molar refractivity (Wildman–Crippen MR) is 80.6 cm³/mol. The largest absolute Gasteiger partial charge is 1.00 e. The first kappa shape index (κ1) is 17.7. The summed E-state index contributed by atoms with van der Waals surface area (Å²) in [5.74, 6) is 0.0327. The van der Waals surface area contributed by atoms with E-state index in [1.807, 2.05) is 42.7 Å². The van der Waals surface area contributed by atoms with Crippen molar-refractivity contribution in [3.05, 3.63) is 59.9 Å². The molecular formula is C16H18BrClN2O. The maximum atomic E-state index is 11.8. The average Bonchev–Trinajstić information content (AvgIpc) is 2.45. The van der Waals surface area contributed by atoms with Crippen molar-refractivity contribution >= 4 is 23.2 Å². The van der Waals surface area contributed by atoms with E-state index in [1.165, 1.54) is 0 Å². The molecule has 0 aliphatic rings. The SMILES string of the molecule is O=C(CCCC[n+]1ccccc1)Nc1cccc(Cl)c1.[Br-]. The first-order chi connectivity index (χ1) is 9.74. The van der Waals surface area contributed by atoms with Crippen molar-refractivity contribution in [1.82, 2.24) is 0 Å². The highest BCUT2D eigenvalue weighted by Crippen LogP contribution is 2.15. The van der Waals surface area contributed by atoms with Crippen LogP contribution >= 0.6 is 11.6 Å². The Balaban J connectivity index is 0.00000220. The standard InChI is InChI=1S/C16H17ClN2O.BrH/c17-14-7-6-8-15(13-14)18-16(20)9-2-5-12-19-10-3-1-4-11-19;/h1,3-4,6-8,10-11,13H,2,5,9,12H2;1H. The van der Waals surface area contributed by atoms with Crippen molar-refractivity contribution in [2.24, 2.45) is 0 Å². The molecule has 0 spiro atoms. The van der Waals surface area contributed by atoms with E-state index in [-0.39, 0.29) is 22.9 Å². The molecule has 0 saturated carbocycles. The first-order valence-electron chi connectivity index (χ1n) is 6.73. The van der Waals surface area contributed by atoms with Crippen LogP contribution in [0.2, 0.25) is 5.02 Å². The van der Waals surface area contributed by atoms with Crippen molar-refractivity contribution in [3.63, 3.8) is 0 Å². The van der Waals surface area contributed by atoms with Gasteiger partial charge in [0.05, 0.1) is 0 Å². The molecule has 0 aliphatic heterocycles. The van der Waals surface area contributed by atoms with E-state index in [2.05, 4.69) is 9.88 Å². The monoisotopic (exact) mass is 368 g/mol. The molecule has 1 aromatic carbocycles. The molecule has 1 amide bonds. The predicted octanol–water partition coefficient (Wildman–Crippen LogP) is 0.440. The Labute approximate surface area is 140 Å². The van der Waals surface area contributed by atoms with Gasteiger partial charge >= 0.3 is 0 Å². The molecule has 112 valence electrons. The molecule has 0 atom stereocenters. The Morgan fingerprint density at radius 3 is 2.57 bits per heavy atom. The number of nitrogens with zero attached hydrogens (tertiary/aromatic N) is 1. The summed E-state index contributed by atoms with van der Waals surface area (Å²) in [6, 6.07) is 13.2. The number of hydrogen-bond donors (Lipinski definition) is 1. The molecule has 21 heavy (non-hydrogen) atoms. The Hall–Kier alpha value is -1.39. The van der Waals surface area contributed by atoms with E-state index in [9.17, 15) is 4.79 Å². The normalized spacial score (nSPS) is 9.76. The summed E-state index contributed by atoms with van der Waals surface area (Å²) in [7, 11) is 0. The molecule has 0 saturated heterocycles. The van der Waals surface area contributed by atoms with Crippen LogP contribution in [0.25, 0.3) is 0 Å². The topological polar surface area (TPSA) is 33.0 Å². The number of anilines is 1. The van der Waals surface area contributed by atoms with Gasteiger partial charge in [0.25, 0.3) is 0 Å². The number of carbonyl (C=O) groups is 1. The molecule has 1 aromatic heterocycles. The zero-order chi connectivity index (χ0) is 14.2. The van der Waals surface area contributed by atoms with Crippen molar-refractivity contribution in [2.75, 3.05) is 5.32 Å². The fraction of sp³-hybridized carbons (Fsp3) is 0.250. The summed E-state index contributed by atoms with van der Waals surface area (Å²) < 4.78 is 2.12. The minimum Gasteiger partial charge on any atom is -1.00 e. The van der Waals surface area contributed by atoms with Crippen LogP contribution in [0.3, 0.4) is 0 Å². The number of halogens is 2. The molecule has 2 rings (SSSR count). The van der Waals surface area contributed by atoms with E-state index in [1.54, 1.807) is 12.1 Å². The number of pyridine rings is 1. The van der Waals surface area contributed by atoms with Crippen molar-refractivity contribution in [3.8, 4) is 0 Å². The summed E-state index contributed by atoms with van der Waals surface area (Å²) in [5.41, 5.74) is 0.750. The van der Waals surface area contributed by atoms with Crippen LogP contribution in [-0.2, 0) is 11.3 Å². The minimum atomic E-state index is 0. The molecule has 5 heteroatoms. The summed E-state index contributed by atoms with van der Waals surface area (Å²) in [5, 5.41) is 3.48. The highest BCUT2D eigenvalue weighted by Gasteiger charge is 2.04. The third-order valence-corrected chi connectivity index (χ3v) is 3.19. The molecule has 0 bridgehead atoms. The Kier molecular flexibility index (Phi) is 8.01. The zero-order valence-electron chi connectivity index (χ0n) is 11.6. The molecule has 0 radical (unpaired) electrons. The van der Waals surface area contributed by atoms with Crippen molar-refractivity contribution < 1.29 is 26.3 Å². The van der Waals surface area contributed by atoms with Gasteiger partial charge in [0.2, 0.25) is 5.91 Å². The maximum Gasteiger partial charge on any atom is 0.224 e. The summed E-state index contributed by atoms with van der Waals surface area (Å²) >= 11 is 5.87. The number of rotatable bonds is 6. The molecule has 1 heterocycles. The summed E-state index contributed by atoms with van der Waals surface area (Å²) in [6.45, 7) is 0.936. The number of benzene rings is 1. The van der Waals surface area contributed by atoms with Crippen LogP contribution in [0.5, 0.6) is 0 Å². The Morgan fingerprint density at radius 2 is 1.86 bits per heavy atom. The summed E-state index contributed by atoms with van der Waals surface area (Å²) in [6.07, 6.45) is 6.45. The van der Waals surface area contributed by atoms with Crippen LogP contribution in [-0.4, -0.2) is 5.91 Å². The van der Waals surface area contributed by atoms with E-state index >= 15 is 0 Å². The van der Waals surface area contributed by atoms with Crippen LogP contribution < -0.4 is 26.9 Å². The van der Waals surface area contributed by atoms with Crippen LogP contribution in [0.4, 0.5) is 5.69 Å². The van der Waals surface area contributed by atoms with Gasteiger partial charge in [-0.05, 0) is 24.6 Å². The molecule has 2 aromatic rings. The van der Waals surface area contributed by atoms with Gasteiger partial charge in [-0.2, -0.15) is 0 Å². The highest BCUT2D eigenvalue weighted by molar-refractivity contribution is 6.30. The van der Waals surface area contributed by atoms with Gasteiger partial charge in [0.15, 0.2) is 12.4 Å². The van der Waals surface area contributed by atoms with E-state index in [0.29, 0.717) is 11.4 Å². The fourth-order valence-electron chi connectivity index (χ4n) is 1.95. The average molecular weight is 370 g/mol. The quantitative estimate of drug-likeness (QED) is 0.582. The van der Waals surface area contributed by atoms with Crippen LogP contribution in [0.15, 0.2) is 54.9 Å². The van der Waals surface area contributed by atoms with Crippen LogP contribution in [0.1, 0.15) is 19.3 Å². The highest BCUT2D eigenvalue weighted by atomic mass is 79.9. The van der Waals surface area contributed by atoms with Crippen molar-refractivity contribution in [2.45, 2.75) is 25.8 Å². The van der Waals surface area contributed by atoms with E-state index < -0.39 is 0 Å². The number of hydrogen-bond acceptors (Lipinski definition) is 1. The maximum absolute atomic E-state index is 11.8. The molecular weight excluding hydrogens is 352 g/mol. The van der Waals surface area contributed by atoms with Gasteiger partial charge in [0.1, 0.15) is 6.54 Å². The van der Waals surface area contributed by atoms with Gasteiger partial charge < -0.3 is 22.3 Å². The van der Waals surface area contributed by atoms with Gasteiger partial charge in [-0.15, -0.1) is 0 Å². The molecule has 0 unspecified atom stereocenters. The van der Waals surface area contributed by atoms with Crippen LogP contribution in [0, 0.1) is 0 Å². The number of amides is 1. The minimum absolute atomic E-state index is 0. The Morgan fingerprint density at radius 1 is 1.10 bits per heavy atom. The number of aryl methyl sites for hydroxylation is 1. The van der Waals surface area contributed by atoms with Gasteiger partial charge in [-0.1, -0.05) is 23.7 Å². The zero-order valence-corrected chi connectivity index (χ0v) is 14.0. The molecule has 0 aliphatic carbocycles. The lowest BCUT2D eigenvalue weighted by Gasteiger charge is -2.04. The second-order valence-electron chi connectivity index (χ2n) is 4.63. The first-order valence-corrected chi connectivity index (χ1v) is 7.11. The summed E-state index contributed by atoms with van der Waals surface area (Å²) in [4.78, 5) is 11.8. The number of carbonyl (C=O) groups excluding carboxylic acids is 1. The van der Waals surface area contributed by atoms with E-state index in [0.717, 1.165) is 25.1 Å². The smallest absolute Gasteiger partial charge is 0.224 e.